The zero-order chi connectivity index (χ0) is 15.5. The first-order valence-corrected chi connectivity index (χ1v) is 7.76. The maximum absolute atomic E-state index is 9.56. The number of rotatable bonds is 3. The fourth-order valence-corrected chi connectivity index (χ4v) is 3.24. The van der Waals surface area contributed by atoms with Gasteiger partial charge in [0.2, 0.25) is 0 Å². The van der Waals surface area contributed by atoms with Crippen LogP contribution in [0.25, 0.3) is 10.8 Å². The maximum Gasteiger partial charge on any atom is 0.0767 e. The third-order valence-corrected chi connectivity index (χ3v) is 4.36. The standard InChI is InChI=1S/C19H13Cl2N/c20-16-8-9-18(19(21)11-16)15(12-22)10-14-6-3-5-13-4-1-2-7-17(13)14/h1-9,11,15H,10H2. The molecule has 0 aliphatic heterocycles. The number of benzene rings is 3. The SMILES string of the molecule is N#CC(Cc1cccc2ccccc12)c1ccc(Cl)cc1Cl. The molecule has 3 rings (SSSR count). The highest BCUT2D eigenvalue weighted by Crippen LogP contribution is 2.31. The Kier molecular flexibility index (Phi) is 4.34. The van der Waals surface area contributed by atoms with E-state index in [1.807, 2.05) is 24.3 Å². The van der Waals surface area contributed by atoms with Crippen molar-refractivity contribution >= 4 is 34.0 Å². The van der Waals surface area contributed by atoms with Crippen LogP contribution in [-0.2, 0) is 6.42 Å². The van der Waals surface area contributed by atoms with Crippen LogP contribution in [0.2, 0.25) is 10.0 Å². The molecule has 0 spiro atoms. The minimum Gasteiger partial charge on any atom is -0.198 e. The summed E-state index contributed by atoms with van der Waals surface area (Å²) in [5.41, 5.74) is 1.97. The summed E-state index contributed by atoms with van der Waals surface area (Å²) in [5.74, 6) is -0.296. The lowest BCUT2D eigenvalue weighted by molar-refractivity contribution is 0.855. The Morgan fingerprint density at radius 1 is 0.955 bits per heavy atom. The summed E-state index contributed by atoms with van der Waals surface area (Å²) in [4.78, 5) is 0. The molecular weight excluding hydrogens is 313 g/mol. The van der Waals surface area contributed by atoms with Gasteiger partial charge in [-0.1, -0.05) is 71.7 Å². The molecule has 1 unspecified atom stereocenters. The second kappa shape index (κ2) is 6.40. The van der Waals surface area contributed by atoms with Crippen LogP contribution in [0.3, 0.4) is 0 Å². The first-order valence-electron chi connectivity index (χ1n) is 7.00. The molecule has 1 nitrogen and oxygen atoms in total. The monoisotopic (exact) mass is 325 g/mol. The highest BCUT2D eigenvalue weighted by atomic mass is 35.5. The number of hydrogen-bond donors (Lipinski definition) is 0. The van der Waals surface area contributed by atoms with E-state index in [1.54, 1.807) is 12.1 Å². The van der Waals surface area contributed by atoms with Crippen molar-refractivity contribution in [3.05, 3.63) is 81.8 Å². The predicted molar refractivity (Wildman–Crippen MR) is 92.5 cm³/mol. The van der Waals surface area contributed by atoms with Crippen molar-refractivity contribution < 1.29 is 0 Å². The van der Waals surface area contributed by atoms with E-state index in [4.69, 9.17) is 23.2 Å². The molecular formula is C19H13Cl2N. The summed E-state index contributed by atoms with van der Waals surface area (Å²) in [6.07, 6.45) is 0.624. The summed E-state index contributed by atoms with van der Waals surface area (Å²) in [6, 6.07) is 22.0. The van der Waals surface area contributed by atoms with Crippen molar-refractivity contribution in [1.29, 1.82) is 5.26 Å². The molecule has 1 atom stereocenters. The predicted octanol–water partition coefficient (Wildman–Crippen LogP) is 6.00. The average Bonchev–Trinajstić information content (AvgIpc) is 2.53. The minimum absolute atomic E-state index is 0.296. The number of nitriles is 1. The Hall–Kier alpha value is -2.01. The van der Waals surface area contributed by atoms with Gasteiger partial charge in [-0.25, -0.2) is 0 Å². The second-order valence-electron chi connectivity index (χ2n) is 5.19. The van der Waals surface area contributed by atoms with Gasteiger partial charge in [0.05, 0.1) is 12.0 Å². The van der Waals surface area contributed by atoms with Gasteiger partial charge in [0.15, 0.2) is 0 Å². The summed E-state index contributed by atoms with van der Waals surface area (Å²) in [6.45, 7) is 0. The molecule has 108 valence electrons. The molecule has 0 fully saturated rings. The van der Waals surface area contributed by atoms with Gasteiger partial charge in [0.1, 0.15) is 0 Å². The van der Waals surface area contributed by atoms with Crippen LogP contribution < -0.4 is 0 Å². The maximum atomic E-state index is 9.56. The lowest BCUT2D eigenvalue weighted by atomic mass is 9.91. The molecule has 3 aromatic carbocycles. The Labute approximate surface area is 139 Å². The van der Waals surface area contributed by atoms with Gasteiger partial charge in [0.25, 0.3) is 0 Å². The lowest BCUT2D eigenvalue weighted by Crippen LogP contribution is -2.02. The zero-order valence-corrected chi connectivity index (χ0v) is 13.3. The molecule has 0 radical (unpaired) electrons. The summed E-state index contributed by atoms with van der Waals surface area (Å²) in [7, 11) is 0. The highest BCUT2D eigenvalue weighted by Gasteiger charge is 2.16. The van der Waals surface area contributed by atoms with Crippen molar-refractivity contribution in [2.24, 2.45) is 0 Å². The number of nitrogens with zero attached hydrogens (tertiary/aromatic N) is 1. The van der Waals surface area contributed by atoms with Crippen molar-refractivity contribution in [3.8, 4) is 6.07 Å². The molecule has 0 aliphatic rings. The van der Waals surface area contributed by atoms with Crippen LogP contribution in [0.4, 0.5) is 0 Å². The van der Waals surface area contributed by atoms with Crippen LogP contribution in [-0.4, -0.2) is 0 Å². The third kappa shape index (κ3) is 2.95. The normalized spacial score (nSPS) is 12.0. The third-order valence-electron chi connectivity index (χ3n) is 3.80. The molecule has 0 amide bonds. The van der Waals surface area contributed by atoms with Gasteiger partial charge in [-0.05, 0) is 40.5 Å². The fourth-order valence-electron chi connectivity index (χ4n) is 2.70. The van der Waals surface area contributed by atoms with Crippen LogP contribution in [0, 0.1) is 11.3 Å². The lowest BCUT2D eigenvalue weighted by Gasteiger charge is -2.13. The van der Waals surface area contributed by atoms with Gasteiger partial charge >= 0.3 is 0 Å². The van der Waals surface area contributed by atoms with Crippen molar-refractivity contribution in [3.63, 3.8) is 0 Å². The van der Waals surface area contributed by atoms with Crippen molar-refractivity contribution in [2.45, 2.75) is 12.3 Å². The van der Waals surface area contributed by atoms with Crippen LogP contribution >= 0.6 is 23.2 Å². The zero-order valence-electron chi connectivity index (χ0n) is 11.8. The smallest absolute Gasteiger partial charge is 0.0767 e. The van der Waals surface area contributed by atoms with E-state index >= 15 is 0 Å². The topological polar surface area (TPSA) is 23.8 Å². The largest absolute Gasteiger partial charge is 0.198 e. The molecule has 22 heavy (non-hydrogen) atoms. The quantitative estimate of drug-likeness (QED) is 0.579. The van der Waals surface area contributed by atoms with E-state index in [-0.39, 0.29) is 5.92 Å². The van der Waals surface area contributed by atoms with Crippen molar-refractivity contribution in [2.75, 3.05) is 0 Å². The molecule has 0 N–H and O–H groups in total. The molecule has 0 heterocycles. The molecule has 0 aromatic heterocycles. The molecule has 3 aromatic rings. The van der Waals surface area contributed by atoms with Crippen LogP contribution in [0.5, 0.6) is 0 Å². The minimum atomic E-state index is -0.296. The first-order chi connectivity index (χ1) is 10.7. The van der Waals surface area contributed by atoms with Gasteiger partial charge in [-0.2, -0.15) is 5.26 Å². The average molecular weight is 326 g/mol. The van der Waals surface area contributed by atoms with E-state index in [1.165, 1.54) is 10.8 Å². The number of hydrogen-bond acceptors (Lipinski definition) is 1. The number of halogens is 2. The van der Waals surface area contributed by atoms with E-state index in [0.717, 1.165) is 11.1 Å². The summed E-state index contributed by atoms with van der Waals surface area (Å²) >= 11 is 12.2. The van der Waals surface area contributed by atoms with Gasteiger partial charge in [-0.3, -0.25) is 0 Å². The van der Waals surface area contributed by atoms with E-state index in [2.05, 4.69) is 30.3 Å². The molecule has 0 saturated carbocycles. The van der Waals surface area contributed by atoms with Gasteiger partial charge in [0, 0.05) is 10.0 Å². The van der Waals surface area contributed by atoms with Gasteiger partial charge < -0.3 is 0 Å². The summed E-state index contributed by atoms with van der Waals surface area (Å²) < 4.78 is 0. The summed E-state index contributed by atoms with van der Waals surface area (Å²) in [5, 5.41) is 13.0. The Bertz CT molecular complexity index is 859. The van der Waals surface area contributed by atoms with Crippen molar-refractivity contribution in [1.82, 2.24) is 0 Å². The Balaban J connectivity index is 2.00. The molecule has 3 heteroatoms. The highest BCUT2D eigenvalue weighted by molar-refractivity contribution is 6.35. The Morgan fingerprint density at radius 2 is 1.73 bits per heavy atom. The molecule has 0 saturated heterocycles. The second-order valence-corrected chi connectivity index (χ2v) is 6.03. The van der Waals surface area contributed by atoms with E-state index in [0.29, 0.717) is 16.5 Å². The molecule has 0 aliphatic carbocycles. The first kappa shape index (κ1) is 14.9. The van der Waals surface area contributed by atoms with Gasteiger partial charge in [-0.15, -0.1) is 0 Å². The van der Waals surface area contributed by atoms with E-state index < -0.39 is 0 Å². The van der Waals surface area contributed by atoms with Crippen LogP contribution in [0.1, 0.15) is 17.0 Å². The fraction of sp³-hybridized carbons (Fsp3) is 0.105. The van der Waals surface area contributed by atoms with E-state index in [9.17, 15) is 5.26 Å². The number of fused-ring (bicyclic) bond motifs is 1. The van der Waals surface area contributed by atoms with Crippen LogP contribution in [0.15, 0.2) is 60.7 Å². The molecule has 0 bridgehead atoms. The Morgan fingerprint density at radius 3 is 2.50 bits per heavy atom.